The van der Waals surface area contributed by atoms with E-state index in [9.17, 15) is 4.79 Å². The molecule has 1 amide bonds. The maximum atomic E-state index is 12.0. The first-order chi connectivity index (χ1) is 9.81. The van der Waals surface area contributed by atoms with Crippen molar-refractivity contribution in [2.75, 3.05) is 31.6 Å². The summed E-state index contributed by atoms with van der Waals surface area (Å²) in [4.78, 5) is 12.0. The molecule has 1 aromatic rings. The number of hydrogen-bond donors (Lipinski definition) is 2. The van der Waals surface area contributed by atoms with Gasteiger partial charge < -0.3 is 20.1 Å². The maximum Gasteiger partial charge on any atom is 0.254 e. The highest BCUT2D eigenvalue weighted by Crippen LogP contribution is 2.29. The monoisotopic (exact) mass is 276 g/mol. The number of carbonyl (C=O) groups excluding carboxylic acids is 1. The van der Waals surface area contributed by atoms with Gasteiger partial charge in [0.15, 0.2) is 0 Å². The van der Waals surface area contributed by atoms with Crippen molar-refractivity contribution in [1.82, 2.24) is 5.32 Å². The lowest BCUT2D eigenvalue weighted by Crippen LogP contribution is -2.45. The van der Waals surface area contributed by atoms with Crippen molar-refractivity contribution in [2.45, 2.75) is 18.9 Å². The number of morpholine rings is 1. The average Bonchev–Trinajstić information content (AvgIpc) is 3.32. The minimum Gasteiger partial charge on any atom is -0.493 e. The van der Waals surface area contributed by atoms with Gasteiger partial charge in [0.2, 0.25) is 0 Å². The van der Waals surface area contributed by atoms with Gasteiger partial charge in [0.25, 0.3) is 5.91 Å². The fourth-order valence-corrected chi connectivity index (χ4v) is 2.09. The van der Waals surface area contributed by atoms with Gasteiger partial charge in [-0.2, -0.15) is 0 Å². The van der Waals surface area contributed by atoms with Crippen LogP contribution in [-0.2, 0) is 9.53 Å². The molecule has 1 saturated heterocycles. The Balaban J connectivity index is 1.49. The maximum absolute atomic E-state index is 12.0. The molecule has 0 bridgehead atoms. The fourth-order valence-electron chi connectivity index (χ4n) is 2.09. The Morgan fingerprint density at radius 1 is 1.35 bits per heavy atom. The van der Waals surface area contributed by atoms with Gasteiger partial charge in [-0.25, -0.2) is 0 Å². The van der Waals surface area contributed by atoms with Gasteiger partial charge in [-0.3, -0.25) is 4.79 Å². The Kier molecular flexibility index (Phi) is 4.18. The standard InChI is InChI=1S/C15H20N2O3/c18-15(14-9-16-7-8-19-14)17-12-3-5-13(6-4-12)20-10-11-1-2-11/h3-6,11,14,16H,1-2,7-10H2,(H,17,18). The lowest BCUT2D eigenvalue weighted by molar-refractivity contribution is -0.128. The second-order valence-electron chi connectivity index (χ2n) is 5.33. The summed E-state index contributed by atoms with van der Waals surface area (Å²) in [7, 11) is 0. The van der Waals surface area contributed by atoms with Gasteiger partial charge in [0.05, 0.1) is 13.2 Å². The first-order valence-electron chi connectivity index (χ1n) is 7.17. The zero-order valence-electron chi connectivity index (χ0n) is 11.4. The molecule has 1 unspecified atom stereocenters. The molecule has 0 spiro atoms. The van der Waals surface area contributed by atoms with E-state index < -0.39 is 6.10 Å². The zero-order valence-corrected chi connectivity index (χ0v) is 11.4. The van der Waals surface area contributed by atoms with Crippen molar-refractivity contribution < 1.29 is 14.3 Å². The third-order valence-electron chi connectivity index (χ3n) is 3.52. The summed E-state index contributed by atoms with van der Waals surface area (Å²) in [5.74, 6) is 1.49. The van der Waals surface area contributed by atoms with Crippen LogP contribution in [0.4, 0.5) is 5.69 Å². The molecule has 5 heteroatoms. The Morgan fingerprint density at radius 2 is 2.15 bits per heavy atom. The minimum absolute atomic E-state index is 0.108. The van der Waals surface area contributed by atoms with Crippen LogP contribution in [0.15, 0.2) is 24.3 Å². The van der Waals surface area contributed by atoms with Crippen LogP contribution in [0.3, 0.4) is 0 Å². The van der Waals surface area contributed by atoms with Gasteiger partial charge in [-0.05, 0) is 43.0 Å². The van der Waals surface area contributed by atoms with Crippen LogP contribution in [0, 0.1) is 5.92 Å². The van der Waals surface area contributed by atoms with Crippen LogP contribution >= 0.6 is 0 Å². The predicted octanol–water partition coefficient (Wildman–Crippen LogP) is 1.40. The van der Waals surface area contributed by atoms with Crippen molar-refractivity contribution in [3.05, 3.63) is 24.3 Å². The Labute approximate surface area is 118 Å². The molecule has 0 aromatic heterocycles. The second-order valence-corrected chi connectivity index (χ2v) is 5.33. The lowest BCUT2D eigenvalue weighted by Gasteiger charge is -2.22. The summed E-state index contributed by atoms with van der Waals surface area (Å²) in [5, 5.41) is 5.99. The van der Waals surface area contributed by atoms with Gasteiger partial charge in [0, 0.05) is 18.8 Å². The van der Waals surface area contributed by atoms with Crippen molar-refractivity contribution >= 4 is 11.6 Å². The molecule has 3 rings (SSSR count). The highest BCUT2D eigenvalue weighted by atomic mass is 16.5. The fraction of sp³-hybridized carbons (Fsp3) is 0.533. The summed E-state index contributed by atoms with van der Waals surface area (Å²) in [6, 6.07) is 7.49. The molecular weight excluding hydrogens is 256 g/mol. The lowest BCUT2D eigenvalue weighted by atomic mass is 10.2. The van der Waals surface area contributed by atoms with E-state index >= 15 is 0 Å². The molecule has 1 aliphatic heterocycles. The number of amides is 1. The molecular formula is C15H20N2O3. The Hall–Kier alpha value is -1.59. The van der Waals surface area contributed by atoms with Crippen molar-refractivity contribution in [1.29, 1.82) is 0 Å². The summed E-state index contributed by atoms with van der Waals surface area (Å²) in [6.07, 6.45) is 2.15. The van der Waals surface area contributed by atoms with E-state index in [0.29, 0.717) is 13.2 Å². The Morgan fingerprint density at radius 3 is 2.80 bits per heavy atom. The van der Waals surface area contributed by atoms with E-state index in [1.165, 1.54) is 12.8 Å². The Bertz CT molecular complexity index is 451. The van der Waals surface area contributed by atoms with Crippen LogP contribution in [-0.4, -0.2) is 38.3 Å². The van der Waals surface area contributed by atoms with Crippen LogP contribution in [0.2, 0.25) is 0 Å². The largest absolute Gasteiger partial charge is 0.493 e. The summed E-state index contributed by atoms with van der Waals surface area (Å²) < 4.78 is 11.1. The molecule has 0 radical (unpaired) electrons. The first-order valence-corrected chi connectivity index (χ1v) is 7.17. The molecule has 2 N–H and O–H groups in total. The smallest absolute Gasteiger partial charge is 0.254 e. The number of rotatable bonds is 5. The van der Waals surface area contributed by atoms with E-state index in [4.69, 9.17) is 9.47 Å². The number of hydrogen-bond acceptors (Lipinski definition) is 4. The topological polar surface area (TPSA) is 59.6 Å². The van der Waals surface area contributed by atoms with Gasteiger partial charge in [-0.1, -0.05) is 0 Å². The van der Waals surface area contributed by atoms with E-state index in [1.54, 1.807) is 0 Å². The molecule has 1 aromatic carbocycles. The van der Waals surface area contributed by atoms with Gasteiger partial charge >= 0.3 is 0 Å². The third kappa shape index (κ3) is 3.71. The SMILES string of the molecule is O=C(Nc1ccc(OCC2CC2)cc1)C1CNCCO1. The normalized spacial score (nSPS) is 22.3. The molecule has 5 nitrogen and oxygen atoms in total. The molecule has 2 aliphatic rings. The van der Waals surface area contributed by atoms with Gasteiger partial charge in [-0.15, -0.1) is 0 Å². The van der Waals surface area contributed by atoms with E-state index in [1.807, 2.05) is 24.3 Å². The summed E-state index contributed by atoms with van der Waals surface area (Å²) in [6.45, 7) is 2.74. The number of ether oxygens (including phenoxy) is 2. The van der Waals surface area contributed by atoms with E-state index in [2.05, 4.69) is 10.6 Å². The molecule has 2 fully saturated rings. The van der Waals surface area contributed by atoms with Crippen molar-refractivity contribution in [2.24, 2.45) is 5.92 Å². The van der Waals surface area contributed by atoms with E-state index in [-0.39, 0.29) is 5.91 Å². The molecule has 20 heavy (non-hydrogen) atoms. The van der Waals surface area contributed by atoms with E-state index in [0.717, 1.165) is 30.5 Å². The quantitative estimate of drug-likeness (QED) is 0.853. The number of anilines is 1. The minimum atomic E-state index is -0.408. The molecule has 1 atom stereocenters. The molecule has 1 saturated carbocycles. The average molecular weight is 276 g/mol. The highest BCUT2D eigenvalue weighted by molar-refractivity contribution is 5.94. The number of benzene rings is 1. The highest BCUT2D eigenvalue weighted by Gasteiger charge is 2.22. The second kappa shape index (κ2) is 6.24. The van der Waals surface area contributed by atoms with Gasteiger partial charge in [0.1, 0.15) is 11.9 Å². The molecule has 1 heterocycles. The van der Waals surface area contributed by atoms with Crippen LogP contribution in [0.25, 0.3) is 0 Å². The molecule has 108 valence electrons. The number of carbonyl (C=O) groups is 1. The third-order valence-corrected chi connectivity index (χ3v) is 3.52. The van der Waals surface area contributed by atoms with Crippen LogP contribution in [0.1, 0.15) is 12.8 Å². The first kappa shape index (κ1) is 13.4. The summed E-state index contributed by atoms with van der Waals surface area (Å²) >= 11 is 0. The molecule has 1 aliphatic carbocycles. The van der Waals surface area contributed by atoms with Crippen molar-refractivity contribution in [3.8, 4) is 5.75 Å². The van der Waals surface area contributed by atoms with Crippen molar-refractivity contribution in [3.63, 3.8) is 0 Å². The summed E-state index contributed by atoms with van der Waals surface area (Å²) in [5.41, 5.74) is 0.767. The van der Waals surface area contributed by atoms with Crippen LogP contribution < -0.4 is 15.4 Å². The predicted molar refractivity (Wildman–Crippen MR) is 75.9 cm³/mol. The number of nitrogens with one attached hydrogen (secondary N) is 2. The zero-order chi connectivity index (χ0) is 13.8. The van der Waals surface area contributed by atoms with Crippen LogP contribution in [0.5, 0.6) is 5.75 Å².